The largest absolute Gasteiger partial charge is 0.443 e. The van der Waals surface area contributed by atoms with Crippen molar-refractivity contribution in [1.29, 1.82) is 0 Å². The quantitative estimate of drug-likeness (QED) is 0.181. The summed E-state index contributed by atoms with van der Waals surface area (Å²) in [7, 11) is 1.65. The lowest BCUT2D eigenvalue weighted by molar-refractivity contribution is -0.132. The minimum Gasteiger partial charge on any atom is -0.443 e. The van der Waals surface area contributed by atoms with Gasteiger partial charge in [0.05, 0.1) is 18.6 Å². The van der Waals surface area contributed by atoms with Crippen molar-refractivity contribution in [3.8, 4) is 0 Å². The van der Waals surface area contributed by atoms with Gasteiger partial charge in [0.1, 0.15) is 42.7 Å². The summed E-state index contributed by atoms with van der Waals surface area (Å²) in [6.07, 6.45) is 4.19. The third kappa shape index (κ3) is 9.15. The molecule has 0 aromatic heterocycles. The first kappa shape index (κ1) is 35.5. The molecule has 1 aromatic rings. The van der Waals surface area contributed by atoms with Crippen molar-refractivity contribution >= 4 is 29.4 Å². The van der Waals surface area contributed by atoms with Crippen LogP contribution < -0.4 is 16.0 Å². The molecule has 3 amide bonds. The Bertz CT molecular complexity index is 1270. The van der Waals surface area contributed by atoms with Gasteiger partial charge < -0.3 is 39.6 Å². The molecular weight excluding hydrogens is 594 g/mol. The third-order valence-corrected chi connectivity index (χ3v) is 9.06. The average Bonchev–Trinajstić information content (AvgIpc) is 3.94. The fraction of sp³-hybridized carbons (Fsp3) is 0.647. The van der Waals surface area contributed by atoms with E-state index in [0.29, 0.717) is 38.1 Å². The Balaban J connectivity index is 1.20. The number of methoxy groups -OCH3 is 1. The Morgan fingerprint density at radius 2 is 1.85 bits per heavy atom. The maximum absolute atomic E-state index is 12.8. The predicted molar refractivity (Wildman–Crippen MR) is 170 cm³/mol. The molecule has 2 heterocycles. The van der Waals surface area contributed by atoms with E-state index < -0.39 is 29.7 Å². The van der Waals surface area contributed by atoms with E-state index >= 15 is 0 Å². The van der Waals surface area contributed by atoms with E-state index in [2.05, 4.69) is 42.8 Å². The van der Waals surface area contributed by atoms with Crippen molar-refractivity contribution in [2.24, 2.45) is 5.92 Å². The minimum absolute atomic E-state index is 0.0399. The fourth-order valence-electron chi connectivity index (χ4n) is 6.27. The van der Waals surface area contributed by atoms with Crippen molar-refractivity contribution in [1.82, 2.24) is 10.6 Å². The summed E-state index contributed by atoms with van der Waals surface area (Å²) in [4.78, 5) is 48.6. The Morgan fingerprint density at radius 3 is 2.48 bits per heavy atom. The first-order valence-electron chi connectivity index (χ1n) is 16.1. The number of allylic oxidation sites excluding steroid dienone is 1. The van der Waals surface area contributed by atoms with Gasteiger partial charge in [-0.2, -0.15) is 0 Å². The first-order valence-corrected chi connectivity index (χ1v) is 16.1. The molecular formula is C34H49N3O9. The summed E-state index contributed by atoms with van der Waals surface area (Å²) < 4.78 is 29.1. The highest BCUT2D eigenvalue weighted by Crippen LogP contribution is 2.59. The fourth-order valence-corrected chi connectivity index (χ4v) is 6.27. The number of amides is 3. The van der Waals surface area contributed by atoms with Gasteiger partial charge in [-0.3, -0.25) is 14.4 Å². The molecule has 46 heavy (non-hydrogen) atoms. The molecule has 1 spiro atoms. The molecule has 254 valence electrons. The van der Waals surface area contributed by atoms with Gasteiger partial charge >= 0.3 is 6.09 Å². The van der Waals surface area contributed by atoms with Gasteiger partial charge in [-0.25, -0.2) is 4.79 Å². The maximum atomic E-state index is 12.8. The summed E-state index contributed by atoms with van der Waals surface area (Å²) in [6, 6.07) is 6.43. The highest BCUT2D eigenvalue weighted by Gasteiger charge is 2.72. The van der Waals surface area contributed by atoms with Gasteiger partial charge in [-0.15, -0.1) is 0 Å². The van der Waals surface area contributed by atoms with Crippen LogP contribution in [0.15, 0.2) is 35.9 Å². The summed E-state index contributed by atoms with van der Waals surface area (Å²) in [5.74, 6) is -1.01. The van der Waals surface area contributed by atoms with Crippen LogP contribution in [0.25, 0.3) is 0 Å². The molecule has 2 unspecified atom stereocenters. The lowest BCUT2D eigenvalue weighted by atomic mass is 9.68. The van der Waals surface area contributed by atoms with E-state index in [4.69, 9.17) is 23.7 Å². The molecule has 1 saturated carbocycles. The molecule has 3 N–H and O–H groups in total. The molecule has 3 fully saturated rings. The van der Waals surface area contributed by atoms with Crippen LogP contribution in [0.3, 0.4) is 0 Å². The molecule has 12 nitrogen and oxygen atoms in total. The van der Waals surface area contributed by atoms with E-state index in [1.54, 1.807) is 33.1 Å². The Hall–Kier alpha value is -3.32. The van der Waals surface area contributed by atoms with Crippen molar-refractivity contribution in [2.75, 3.05) is 38.8 Å². The Labute approximate surface area is 271 Å². The monoisotopic (exact) mass is 643 g/mol. The predicted octanol–water partition coefficient (Wildman–Crippen LogP) is 3.47. The molecule has 12 heteroatoms. The number of carbonyl (C=O) groups is 4. The molecule has 0 radical (unpaired) electrons. The Morgan fingerprint density at radius 1 is 1.13 bits per heavy atom. The summed E-state index contributed by atoms with van der Waals surface area (Å²) in [5, 5.41) is 8.15. The van der Waals surface area contributed by atoms with Gasteiger partial charge in [-0.05, 0) is 71.1 Å². The number of carbonyl (C=O) groups excluding carboxylic acids is 4. The molecule has 2 aliphatic heterocycles. The van der Waals surface area contributed by atoms with Gasteiger partial charge in [0.2, 0.25) is 11.8 Å². The Kier molecular flexibility index (Phi) is 12.0. The van der Waals surface area contributed by atoms with E-state index in [1.165, 1.54) is 5.57 Å². The minimum atomic E-state index is -0.795. The van der Waals surface area contributed by atoms with Crippen LogP contribution in [0.4, 0.5) is 10.5 Å². The lowest BCUT2D eigenvalue weighted by Crippen LogP contribution is -2.56. The zero-order valence-corrected chi connectivity index (χ0v) is 27.8. The van der Waals surface area contributed by atoms with Crippen LogP contribution in [-0.2, 0) is 44.5 Å². The number of hydrogen-bond acceptors (Lipinski definition) is 9. The second-order valence-electron chi connectivity index (χ2n) is 12.9. The van der Waals surface area contributed by atoms with Gasteiger partial charge in [0.15, 0.2) is 5.78 Å². The van der Waals surface area contributed by atoms with Gasteiger partial charge in [0, 0.05) is 25.8 Å². The van der Waals surface area contributed by atoms with E-state index in [9.17, 15) is 19.2 Å². The number of anilines is 1. The van der Waals surface area contributed by atoms with Crippen molar-refractivity contribution in [3.05, 3.63) is 41.5 Å². The summed E-state index contributed by atoms with van der Waals surface area (Å²) in [5.41, 5.74) is 2.10. The number of ether oxygens (including phenoxy) is 5. The number of hydrogen-bond donors (Lipinski definition) is 3. The molecule has 2 saturated heterocycles. The number of benzene rings is 1. The number of rotatable bonds is 16. The topological polar surface area (TPSA) is 157 Å². The van der Waals surface area contributed by atoms with Crippen LogP contribution >= 0.6 is 0 Å². The number of nitrogens with one attached hydrogen (secondary N) is 3. The zero-order valence-electron chi connectivity index (χ0n) is 27.8. The third-order valence-electron chi connectivity index (χ3n) is 9.06. The second kappa shape index (κ2) is 15.5. The first-order chi connectivity index (χ1) is 21.9. The molecule has 0 bridgehead atoms. The van der Waals surface area contributed by atoms with E-state index in [0.717, 1.165) is 18.4 Å². The summed E-state index contributed by atoms with van der Waals surface area (Å²) >= 11 is 0. The highest BCUT2D eigenvalue weighted by atomic mass is 16.6. The molecule has 1 aliphatic carbocycles. The number of epoxide rings is 2. The van der Waals surface area contributed by atoms with Crippen LogP contribution in [0, 0.1) is 5.92 Å². The van der Waals surface area contributed by atoms with Crippen LogP contribution in [0.1, 0.15) is 65.9 Å². The van der Waals surface area contributed by atoms with Crippen molar-refractivity contribution in [2.45, 2.75) is 102 Å². The smallest absolute Gasteiger partial charge is 0.407 e. The zero-order chi connectivity index (χ0) is 33.5. The molecule has 3 aliphatic rings. The number of Topliss-reactive ketones (excluding diaryl/α,β-unsaturated/α-hetero) is 1. The second-order valence-corrected chi connectivity index (χ2v) is 12.9. The molecule has 7 atom stereocenters. The van der Waals surface area contributed by atoms with Gasteiger partial charge in [0.25, 0.3) is 0 Å². The van der Waals surface area contributed by atoms with E-state index in [1.807, 2.05) is 12.1 Å². The SMILES string of the molecule is CCC(=O)COCC(=O)N[C@@H](C)C(=O)Nc1ccc(CCNC(=O)O[C@@H]2CC[C@]3(CO3)[C@@H](C3(C)OC3CC=C(C)C)[C@@H]2OC)cc1. The molecule has 4 rings (SSSR count). The van der Waals surface area contributed by atoms with Crippen LogP contribution in [0.2, 0.25) is 0 Å². The number of alkyl carbamates (subject to hydrolysis) is 1. The average molecular weight is 644 g/mol. The normalized spacial score (nSPS) is 28.5. The van der Waals surface area contributed by atoms with Crippen LogP contribution in [0.5, 0.6) is 0 Å². The van der Waals surface area contributed by atoms with E-state index in [-0.39, 0.29) is 48.6 Å². The van der Waals surface area contributed by atoms with Crippen molar-refractivity contribution < 1.29 is 42.9 Å². The maximum Gasteiger partial charge on any atom is 0.407 e. The highest BCUT2D eigenvalue weighted by molar-refractivity contribution is 5.97. The number of ketones is 1. The molecule has 1 aromatic carbocycles. The standard InChI is InChI=1S/C34H49N3O9/c1-7-25(38)18-43-19-28(39)36-22(4)31(40)37-24-11-9-23(10-12-24)15-17-35-32(41)45-26-14-16-34(20-44-34)30(29(26)42-6)33(5)27(46-33)13-8-21(2)3/h8-12,22,26-27,29-30H,7,13-20H2,1-6H3,(H,35,41)(H,36,39)(H,37,40)/t22-,26+,27?,29+,30+,33?,34-/m0/s1. The van der Waals surface area contributed by atoms with Gasteiger partial charge in [-0.1, -0.05) is 30.7 Å². The van der Waals surface area contributed by atoms with Crippen LogP contribution in [-0.4, -0.2) is 92.7 Å². The lowest BCUT2D eigenvalue weighted by Gasteiger charge is -2.42. The summed E-state index contributed by atoms with van der Waals surface area (Å²) in [6.45, 7) is 10.2. The van der Waals surface area contributed by atoms with Crippen molar-refractivity contribution in [3.63, 3.8) is 0 Å².